The highest BCUT2D eigenvalue weighted by Crippen LogP contribution is 2.03. The zero-order valence-electron chi connectivity index (χ0n) is 8.32. The highest BCUT2D eigenvalue weighted by atomic mass is 28.4. The number of hydrogen-bond acceptors (Lipinski definition) is 2. The molecule has 0 aliphatic carbocycles. The number of hydrogen-bond donors (Lipinski definition) is 1. The molecule has 2 nitrogen and oxygen atoms in total. The smallest absolute Gasteiger partial charge is 0.342 e. The van der Waals surface area contributed by atoms with Gasteiger partial charge in [-0.1, -0.05) is 30.3 Å². The normalized spacial score (nSPS) is 14.2. The van der Waals surface area contributed by atoms with Crippen molar-refractivity contribution in [3.05, 3.63) is 30.3 Å². The molecule has 4 heteroatoms. The Morgan fingerprint density at radius 2 is 1.69 bits per heavy atom. The Labute approximate surface area is 82.2 Å². The van der Waals surface area contributed by atoms with Gasteiger partial charge in [0.15, 0.2) is 8.32 Å². The fourth-order valence-corrected chi connectivity index (χ4v) is 4.80. The average Bonchev–Trinajstić information content (AvgIpc) is 2.03. The van der Waals surface area contributed by atoms with E-state index in [1.54, 1.807) is 0 Å². The van der Waals surface area contributed by atoms with E-state index in [9.17, 15) is 4.80 Å². The SMILES string of the molecule is C[Si](C)(C)O[SiH](O)c1ccccc1. The first-order valence-electron chi connectivity index (χ1n) is 4.40. The Balaban J connectivity index is 2.64. The largest absolute Gasteiger partial charge is 0.435 e. The number of benzene rings is 1. The first-order valence-corrected chi connectivity index (χ1v) is 9.37. The van der Waals surface area contributed by atoms with Crippen LogP contribution in [0.3, 0.4) is 0 Å². The van der Waals surface area contributed by atoms with Crippen molar-refractivity contribution < 1.29 is 8.91 Å². The van der Waals surface area contributed by atoms with E-state index in [0.29, 0.717) is 0 Å². The summed E-state index contributed by atoms with van der Waals surface area (Å²) in [6, 6.07) is 9.66. The molecule has 0 fully saturated rings. The van der Waals surface area contributed by atoms with Crippen LogP contribution in [0.2, 0.25) is 19.6 Å². The maximum atomic E-state index is 9.81. The van der Waals surface area contributed by atoms with Crippen LogP contribution in [0.1, 0.15) is 0 Å². The molecule has 1 unspecified atom stereocenters. The molecule has 1 rings (SSSR count). The molecule has 13 heavy (non-hydrogen) atoms. The zero-order chi connectivity index (χ0) is 9.90. The fourth-order valence-electron chi connectivity index (χ4n) is 1.02. The molecule has 0 aliphatic heterocycles. The van der Waals surface area contributed by atoms with Gasteiger partial charge in [-0.05, 0) is 24.8 Å². The molecule has 72 valence electrons. The molecule has 1 aromatic rings. The lowest BCUT2D eigenvalue weighted by Gasteiger charge is -2.21. The van der Waals surface area contributed by atoms with Crippen LogP contribution in [-0.4, -0.2) is 22.4 Å². The molecule has 1 aromatic carbocycles. The minimum atomic E-state index is -2.12. The van der Waals surface area contributed by atoms with Crippen LogP contribution in [0.15, 0.2) is 30.3 Å². The summed E-state index contributed by atoms with van der Waals surface area (Å²) >= 11 is 0. The van der Waals surface area contributed by atoms with Gasteiger partial charge in [-0.2, -0.15) is 0 Å². The highest BCUT2D eigenvalue weighted by Gasteiger charge is 2.21. The van der Waals surface area contributed by atoms with Gasteiger partial charge in [0.25, 0.3) is 0 Å². The summed E-state index contributed by atoms with van der Waals surface area (Å²) in [6.07, 6.45) is 0. The minimum absolute atomic E-state index is 0.963. The Kier molecular flexibility index (Phi) is 3.43. The first kappa shape index (κ1) is 10.7. The molecule has 1 atom stereocenters. The molecular weight excluding hydrogens is 196 g/mol. The van der Waals surface area contributed by atoms with Crippen molar-refractivity contribution in [1.29, 1.82) is 0 Å². The van der Waals surface area contributed by atoms with Crippen LogP contribution in [0, 0.1) is 0 Å². The molecular formula is C9H16O2Si2. The summed E-state index contributed by atoms with van der Waals surface area (Å²) in [5.74, 6) is 0. The highest BCUT2D eigenvalue weighted by molar-refractivity contribution is 6.79. The third-order valence-corrected chi connectivity index (χ3v) is 6.23. The van der Waals surface area contributed by atoms with Gasteiger partial charge in [-0.3, -0.25) is 0 Å². The van der Waals surface area contributed by atoms with Gasteiger partial charge in [-0.15, -0.1) is 0 Å². The van der Waals surface area contributed by atoms with E-state index < -0.39 is 17.6 Å². The first-order chi connectivity index (χ1) is 5.99. The Morgan fingerprint density at radius 1 is 1.15 bits per heavy atom. The number of rotatable bonds is 3. The van der Waals surface area contributed by atoms with Crippen LogP contribution in [0.25, 0.3) is 0 Å². The predicted molar refractivity (Wildman–Crippen MR) is 59.9 cm³/mol. The van der Waals surface area contributed by atoms with E-state index in [4.69, 9.17) is 4.12 Å². The molecule has 0 radical (unpaired) electrons. The van der Waals surface area contributed by atoms with E-state index in [2.05, 4.69) is 19.6 Å². The summed E-state index contributed by atoms with van der Waals surface area (Å²) in [6.45, 7) is 6.27. The van der Waals surface area contributed by atoms with Crippen LogP contribution >= 0.6 is 0 Å². The quantitative estimate of drug-likeness (QED) is 0.756. The summed E-state index contributed by atoms with van der Waals surface area (Å²) < 4.78 is 5.66. The van der Waals surface area contributed by atoms with Crippen molar-refractivity contribution in [3.63, 3.8) is 0 Å². The van der Waals surface area contributed by atoms with E-state index in [1.807, 2.05) is 30.3 Å². The summed E-state index contributed by atoms with van der Waals surface area (Å²) in [4.78, 5) is 9.81. The van der Waals surface area contributed by atoms with Gasteiger partial charge < -0.3 is 8.91 Å². The topological polar surface area (TPSA) is 29.5 Å². The van der Waals surface area contributed by atoms with E-state index in [1.165, 1.54) is 0 Å². The third kappa shape index (κ3) is 3.86. The lowest BCUT2D eigenvalue weighted by molar-refractivity contribution is 0.431. The van der Waals surface area contributed by atoms with Gasteiger partial charge in [-0.25, -0.2) is 0 Å². The second-order valence-corrected chi connectivity index (χ2v) is 10.5. The monoisotopic (exact) mass is 212 g/mol. The van der Waals surface area contributed by atoms with E-state index in [-0.39, 0.29) is 0 Å². The van der Waals surface area contributed by atoms with Crippen molar-refractivity contribution in [2.24, 2.45) is 0 Å². The molecule has 0 saturated carbocycles. The molecule has 0 bridgehead atoms. The maximum Gasteiger partial charge on any atom is 0.342 e. The van der Waals surface area contributed by atoms with Gasteiger partial charge in [0, 0.05) is 0 Å². The maximum absolute atomic E-state index is 9.81. The third-order valence-electron chi connectivity index (χ3n) is 1.55. The molecule has 0 aliphatic rings. The minimum Gasteiger partial charge on any atom is -0.435 e. The van der Waals surface area contributed by atoms with Crippen LogP contribution in [0.5, 0.6) is 0 Å². The van der Waals surface area contributed by atoms with Gasteiger partial charge in [0.1, 0.15) is 0 Å². The standard InChI is InChI=1S/C9H16O2Si2/c1-13(2,3)11-12(10)9-7-5-4-6-8-9/h4-8,10,12H,1-3H3. The summed E-state index contributed by atoms with van der Waals surface area (Å²) in [5, 5.41) is 0.963. The molecule has 0 heterocycles. The zero-order valence-corrected chi connectivity index (χ0v) is 10.5. The average molecular weight is 212 g/mol. The van der Waals surface area contributed by atoms with Crippen LogP contribution in [-0.2, 0) is 4.12 Å². The lowest BCUT2D eigenvalue weighted by Crippen LogP contribution is -2.42. The van der Waals surface area contributed by atoms with E-state index in [0.717, 1.165) is 5.19 Å². The Morgan fingerprint density at radius 3 is 2.15 bits per heavy atom. The fraction of sp³-hybridized carbons (Fsp3) is 0.333. The Hall–Kier alpha value is -0.426. The van der Waals surface area contributed by atoms with E-state index >= 15 is 0 Å². The lowest BCUT2D eigenvalue weighted by atomic mass is 10.4. The van der Waals surface area contributed by atoms with Crippen molar-refractivity contribution >= 4 is 22.8 Å². The van der Waals surface area contributed by atoms with Crippen molar-refractivity contribution in [3.8, 4) is 0 Å². The van der Waals surface area contributed by atoms with Crippen molar-refractivity contribution in [1.82, 2.24) is 0 Å². The molecule has 0 spiro atoms. The summed E-state index contributed by atoms with van der Waals surface area (Å²) in [7, 11) is -3.72. The molecule has 1 N–H and O–H groups in total. The van der Waals surface area contributed by atoms with Crippen molar-refractivity contribution in [2.45, 2.75) is 19.6 Å². The van der Waals surface area contributed by atoms with Crippen LogP contribution in [0.4, 0.5) is 0 Å². The molecule has 0 amide bonds. The summed E-state index contributed by atoms with van der Waals surface area (Å²) in [5.41, 5.74) is 0. The molecule has 0 aromatic heterocycles. The van der Waals surface area contributed by atoms with Crippen molar-refractivity contribution in [2.75, 3.05) is 0 Å². The second-order valence-electron chi connectivity index (χ2n) is 3.99. The van der Waals surface area contributed by atoms with Gasteiger partial charge in [0.05, 0.1) is 0 Å². The van der Waals surface area contributed by atoms with Crippen LogP contribution < -0.4 is 5.19 Å². The predicted octanol–water partition coefficient (Wildman–Crippen LogP) is 0.958. The Bertz CT molecular complexity index is 256. The second kappa shape index (κ2) is 4.19. The molecule has 0 saturated heterocycles. The van der Waals surface area contributed by atoms with Gasteiger partial charge >= 0.3 is 9.28 Å². The van der Waals surface area contributed by atoms with Gasteiger partial charge in [0.2, 0.25) is 0 Å².